The van der Waals surface area contributed by atoms with Crippen molar-refractivity contribution in [1.82, 2.24) is 35.2 Å². The lowest BCUT2D eigenvalue weighted by atomic mass is 10.2. The number of nitrogens with one attached hydrogen (secondary N) is 3. The highest BCUT2D eigenvalue weighted by molar-refractivity contribution is 6.14. The minimum Gasteiger partial charge on any atom is -0.457 e. The maximum Gasteiger partial charge on any atom is 0.326 e. The van der Waals surface area contributed by atoms with Crippen LogP contribution in [0, 0.1) is 0 Å². The largest absolute Gasteiger partial charge is 0.457 e. The standard InChI is InChI=1S/C20H20N8O3/c1-2-11-3-4-14(21-8-11)10-31-20-25-16-12(7-15-17(29)26-19(30)24-15)9-22-28(16)18(27-20)23-13-5-6-13/h3-4,7-9,13H,2,5-6,10H2,1H3,(H,23,25,27)(H2,24,26,29,30)/b15-7+. The number of fused-ring (bicyclic) bond motifs is 1. The molecule has 1 saturated heterocycles. The highest BCUT2D eigenvalue weighted by Crippen LogP contribution is 2.26. The summed E-state index contributed by atoms with van der Waals surface area (Å²) in [5.74, 6) is -0.00541. The normalized spacial score (nSPS) is 17.1. The molecule has 0 bridgehead atoms. The van der Waals surface area contributed by atoms with Crippen molar-refractivity contribution in [3.63, 3.8) is 0 Å². The summed E-state index contributed by atoms with van der Waals surface area (Å²) in [5, 5.41) is 12.3. The highest BCUT2D eigenvalue weighted by atomic mass is 16.5. The van der Waals surface area contributed by atoms with Crippen LogP contribution in [0.3, 0.4) is 0 Å². The van der Waals surface area contributed by atoms with E-state index in [2.05, 4.69) is 42.9 Å². The summed E-state index contributed by atoms with van der Waals surface area (Å²) in [6, 6.07) is 3.86. The molecule has 1 saturated carbocycles. The molecule has 3 amide bonds. The number of amides is 3. The Morgan fingerprint density at radius 2 is 2.10 bits per heavy atom. The van der Waals surface area contributed by atoms with Crippen molar-refractivity contribution < 1.29 is 14.3 Å². The van der Waals surface area contributed by atoms with E-state index < -0.39 is 11.9 Å². The average Bonchev–Trinajstić information content (AvgIpc) is 3.41. The first-order valence-corrected chi connectivity index (χ1v) is 10.0. The number of anilines is 1. The first kappa shape index (κ1) is 19.0. The lowest BCUT2D eigenvalue weighted by Gasteiger charge is -2.09. The molecular weight excluding hydrogens is 400 g/mol. The van der Waals surface area contributed by atoms with Gasteiger partial charge >= 0.3 is 12.0 Å². The van der Waals surface area contributed by atoms with Crippen LogP contribution in [0.2, 0.25) is 0 Å². The van der Waals surface area contributed by atoms with E-state index >= 15 is 0 Å². The number of hydrogen-bond acceptors (Lipinski definition) is 8. The van der Waals surface area contributed by atoms with Gasteiger partial charge in [-0.15, -0.1) is 0 Å². The van der Waals surface area contributed by atoms with Crippen LogP contribution in [0.4, 0.5) is 10.7 Å². The number of pyridine rings is 1. The van der Waals surface area contributed by atoms with Crippen molar-refractivity contribution in [3.8, 4) is 6.01 Å². The van der Waals surface area contributed by atoms with Gasteiger partial charge in [0.05, 0.1) is 11.9 Å². The first-order valence-electron chi connectivity index (χ1n) is 10.0. The number of aromatic nitrogens is 5. The van der Waals surface area contributed by atoms with Crippen molar-refractivity contribution >= 4 is 29.6 Å². The molecule has 0 aromatic carbocycles. The van der Waals surface area contributed by atoms with E-state index in [0.29, 0.717) is 23.2 Å². The minimum atomic E-state index is -0.566. The Kier molecular flexibility index (Phi) is 4.69. The second kappa shape index (κ2) is 7.67. The molecule has 3 aromatic heterocycles. The molecule has 4 heterocycles. The molecular formula is C20H20N8O3. The van der Waals surface area contributed by atoms with Crippen LogP contribution < -0.4 is 20.7 Å². The fraction of sp³-hybridized carbons (Fsp3) is 0.300. The van der Waals surface area contributed by atoms with E-state index in [0.717, 1.165) is 30.5 Å². The first-order chi connectivity index (χ1) is 15.1. The Hall–Kier alpha value is -4.02. The molecule has 1 aliphatic carbocycles. The summed E-state index contributed by atoms with van der Waals surface area (Å²) >= 11 is 0. The van der Waals surface area contributed by atoms with Crippen molar-refractivity contribution in [3.05, 3.63) is 47.0 Å². The third kappa shape index (κ3) is 4.02. The lowest BCUT2D eigenvalue weighted by Crippen LogP contribution is -2.22. The Balaban J connectivity index is 1.46. The molecule has 2 fully saturated rings. The van der Waals surface area contributed by atoms with Gasteiger partial charge in [0.15, 0.2) is 5.65 Å². The predicted molar refractivity (Wildman–Crippen MR) is 110 cm³/mol. The third-order valence-corrected chi connectivity index (χ3v) is 4.95. The van der Waals surface area contributed by atoms with E-state index in [1.807, 2.05) is 18.3 Å². The SMILES string of the molecule is CCc1ccc(COc2nc(NC3CC3)n3ncc(/C=C4/NC(=O)NC4=O)c3n2)nc1. The number of urea groups is 1. The summed E-state index contributed by atoms with van der Waals surface area (Å²) in [6.45, 7) is 2.29. The van der Waals surface area contributed by atoms with E-state index in [4.69, 9.17) is 4.74 Å². The molecule has 0 unspecified atom stereocenters. The Bertz CT molecular complexity index is 1200. The number of rotatable bonds is 7. The number of imide groups is 1. The van der Waals surface area contributed by atoms with Crippen molar-refractivity contribution in [1.29, 1.82) is 0 Å². The molecule has 1 aliphatic heterocycles. The smallest absolute Gasteiger partial charge is 0.326 e. The second-order valence-corrected chi connectivity index (χ2v) is 7.35. The van der Waals surface area contributed by atoms with E-state index in [9.17, 15) is 9.59 Å². The van der Waals surface area contributed by atoms with Crippen molar-refractivity contribution in [2.75, 3.05) is 5.32 Å². The molecule has 0 spiro atoms. The zero-order valence-electron chi connectivity index (χ0n) is 16.8. The lowest BCUT2D eigenvalue weighted by molar-refractivity contribution is -0.115. The predicted octanol–water partition coefficient (Wildman–Crippen LogP) is 1.42. The van der Waals surface area contributed by atoms with Gasteiger partial charge in [-0.3, -0.25) is 15.1 Å². The fourth-order valence-electron chi connectivity index (χ4n) is 3.07. The number of aryl methyl sites for hydroxylation is 1. The molecule has 5 rings (SSSR count). The monoisotopic (exact) mass is 420 g/mol. The van der Waals surface area contributed by atoms with Gasteiger partial charge in [0.2, 0.25) is 5.95 Å². The molecule has 11 heteroatoms. The van der Waals surface area contributed by atoms with Crippen LogP contribution in [0.25, 0.3) is 11.7 Å². The molecule has 11 nitrogen and oxygen atoms in total. The number of ether oxygens (including phenoxy) is 1. The van der Waals surface area contributed by atoms with Gasteiger partial charge in [0, 0.05) is 17.8 Å². The summed E-state index contributed by atoms with van der Waals surface area (Å²) in [5.41, 5.74) is 3.03. The highest BCUT2D eigenvalue weighted by Gasteiger charge is 2.26. The Labute approximate surface area is 176 Å². The summed E-state index contributed by atoms with van der Waals surface area (Å²) < 4.78 is 7.37. The van der Waals surface area contributed by atoms with Gasteiger partial charge in [0.25, 0.3) is 5.91 Å². The Morgan fingerprint density at radius 3 is 2.77 bits per heavy atom. The van der Waals surface area contributed by atoms with Gasteiger partial charge in [-0.05, 0) is 37.0 Å². The van der Waals surface area contributed by atoms with Crippen LogP contribution in [0.15, 0.2) is 30.2 Å². The summed E-state index contributed by atoms with van der Waals surface area (Å²) in [4.78, 5) is 36.6. The zero-order chi connectivity index (χ0) is 21.4. The van der Waals surface area contributed by atoms with Crippen LogP contribution in [-0.2, 0) is 17.8 Å². The topological polar surface area (TPSA) is 135 Å². The van der Waals surface area contributed by atoms with Gasteiger partial charge in [-0.2, -0.15) is 19.6 Å². The number of nitrogens with zero attached hydrogens (tertiary/aromatic N) is 5. The molecule has 0 radical (unpaired) electrons. The van der Waals surface area contributed by atoms with Gasteiger partial charge in [0.1, 0.15) is 12.3 Å². The van der Waals surface area contributed by atoms with Crippen LogP contribution in [-0.4, -0.2) is 42.5 Å². The van der Waals surface area contributed by atoms with E-state index in [-0.39, 0.29) is 18.3 Å². The average molecular weight is 420 g/mol. The van der Waals surface area contributed by atoms with Gasteiger partial charge < -0.3 is 15.4 Å². The molecule has 0 atom stereocenters. The molecule has 31 heavy (non-hydrogen) atoms. The number of hydrogen-bond donors (Lipinski definition) is 3. The maximum absolute atomic E-state index is 11.9. The van der Waals surface area contributed by atoms with Crippen LogP contribution in [0.5, 0.6) is 6.01 Å². The second-order valence-electron chi connectivity index (χ2n) is 7.35. The van der Waals surface area contributed by atoms with Crippen LogP contribution >= 0.6 is 0 Å². The number of carbonyl (C=O) groups excluding carboxylic acids is 2. The molecule has 3 N–H and O–H groups in total. The van der Waals surface area contributed by atoms with Crippen molar-refractivity contribution in [2.24, 2.45) is 0 Å². The molecule has 3 aromatic rings. The van der Waals surface area contributed by atoms with Gasteiger partial charge in [-0.1, -0.05) is 13.0 Å². The third-order valence-electron chi connectivity index (χ3n) is 4.95. The Morgan fingerprint density at radius 1 is 1.23 bits per heavy atom. The summed E-state index contributed by atoms with van der Waals surface area (Å²) in [7, 11) is 0. The van der Waals surface area contributed by atoms with Crippen molar-refractivity contribution in [2.45, 2.75) is 38.8 Å². The van der Waals surface area contributed by atoms with Crippen LogP contribution in [0.1, 0.15) is 36.6 Å². The summed E-state index contributed by atoms with van der Waals surface area (Å²) in [6.07, 6.45) is 7.93. The van der Waals surface area contributed by atoms with Gasteiger partial charge in [-0.25, -0.2) is 4.79 Å². The van der Waals surface area contributed by atoms with E-state index in [1.54, 1.807) is 10.7 Å². The quantitative estimate of drug-likeness (QED) is 0.386. The molecule has 158 valence electrons. The zero-order valence-corrected chi connectivity index (χ0v) is 16.8. The number of carbonyl (C=O) groups is 2. The van der Waals surface area contributed by atoms with E-state index in [1.165, 1.54) is 6.08 Å². The maximum atomic E-state index is 11.9. The minimum absolute atomic E-state index is 0.123. The molecule has 2 aliphatic rings. The fourth-order valence-corrected chi connectivity index (χ4v) is 3.07.